The molecule has 2 N–H and O–H groups in total. The van der Waals surface area contributed by atoms with Gasteiger partial charge >= 0.3 is 0 Å². The number of carbonyl (C=O) groups excluding carboxylic acids is 1. The zero-order chi connectivity index (χ0) is 20.9. The molecule has 0 unspecified atom stereocenters. The van der Waals surface area contributed by atoms with E-state index in [0.717, 1.165) is 29.8 Å². The van der Waals surface area contributed by atoms with Crippen LogP contribution in [0.2, 0.25) is 0 Å². The monoisotopic (exact) mass is 414 g/mol. The Balaban J connectivity index is 1.79. The largest absolute Gasteiger partial charge is 0.496 e. The van der Waals surface area contributed by atoms with E-state index >= 15 is 0 Å². The van der Waals surface area contributed by atoms with Crippen molar-refractivity contribution in [1.82, 2.24) is 5.32 Å². The standard InChI is InChI=1S/C21H19FN2O4S/c1-28-20-9-5-2-6-15(20)14-23-21(25)18-7-3-4-8-19(18)24-29(26,27)17-12-10-16(22)11-13-17/h2-13,24H,14H2,1H3,(H,23,25). The Morgan fingerprint density at radius 2 is 1.62 bits per heavy atom. The lowest BCUT2D eigenvalue weighted by Crippen LogP contribution is -2.25. The van der Waals surface area contributed by atoms with Gasteiger partial charge in [0.1, 0.15) is 11.6 Å². The van der Waals surface area contributed by atoms with E-state index in [-0.39, 0.29) is 22.7 Å². The summed E-state index contributed by atoms with van der Waals surface area (Å²) >= 11 is 0. The van der Waals surface area contributed by atoms with Gasteiger partial charge in [-0.3, -0.25) is 9.52 Å². The van der Waals surface area contributed by atoms with Crippen molar-refractivity contribution < 1.29 is 22.3 Å². The summed E-state index contributed by atoms with van der Waals surface area (Å²) in [5.41, 5.74) is 1.06. The first kappa shape index (κ1) is 20.3. The second kappa shape index (κ2) is 8.74. The zero-order valence-corrected chi connectivity index (χ0v) is 16.4. The Hall–Kier alpha value is -3.39. The van der Waals surface area contributed by atoms with Crippen molar-refractivity contribution in [2.45, 2.75) is 11.4 Å². The Morgan fingerprint density at radius 3 is 2.34 bits per heavy atom. The molecular weight excluding hydrogens is 395 g/mol. The molecule has 3 aromatic carbocycles. The number of methoxy groups -OCH3 is 1. The Labute approximate surface area is 168 Å². The normalized spacial score (nSPS) is 11.0. The quantitative estimate of drug-likeness (QED) is 0.619. The maximum absolute atomic E-state index is 13.1. The van der Waals surface area contributed by atoms with Gasteiger partial charge in [0.15, 0.2) is 0 Å². The third-order valence-electron chi connectivity index (χ3n) is 4.17. The van der Waals surface area contributed by atoms with Crippen LogP contribution in [0.15, 0.2) is 77.7 Å². The Bertz CT molecular complexity index is 1120. The molecule has 29 heavy (non-hydrogen) atoms. The summed E-state index contributed by atoms with van der Waals surface area (Å²) in [6.07, 6.45) is 0. The number of carbonyl (C=O) groups is 1. The number of rotatable bonds is 7. The SMILES string of the molecule is COc1ccccc1CNC(=O)c1ccccc1NS(=O)(=O)c1ccc(F)cc1. The summed E-state index contributed by atoms with van der Waals surface area (Å²) in [7, 11) is -2.44. The second-order valence-electron chi connectivity index (χ2n) is 6.10. The minimum Gasteiger partial charge on any atom is -0.496 e. The first-order valence-electron chi connectivity index (χ1n) is 8.68. The number of sulfonamides is 1. The average Bonchev–Trinajstić information content (AvgIpc) is 2.72. The first-order valence-corrected chi connectivity index (χ1v) is 10.2. The van der Waals surface area contributed by atoms with Gasteiger partial charge < -0.3 is 10.1 Å². The fourth-order valence-electron chi connectivity index (χ4n) is 2.71. The van der Waals surface area contributed by atoms with E-state index in [1.165, 1.54) is 12.1 Å². The Morgan fingerprint density at radius 1 is 0.966 bits per heavy atom. The predicted octanol–water partition coefficient (Wildman–Crippen LogP) is 3.57. The number of hydrogen-bond donors (Lipinski definition) is 2. The van der Waals surface area contributed by atoms with Gasteiger partial charge in [-0.2, -0.15) is 0 Å². The summed E-state index contributed by atoms with van der Waals surface area (Å²) < 4.78 is 45.9. The van der Waals surface area contributed by atoms with Gasteiger partial charge in [-0.25, -0.2) is 12.8 Å². The predicted molar refractivity (Wildman–Crippen MR) is 108 cm³/mol. The molecule has 0 radical (unpaired) electrons. The lowest BCUT2D eigenvalue weighted by molar-refractivity contribution is 0.0951. The van der Waals surface area contributed by atoms with Gasteiger partial charge in [0.25, 0.3) is 15.9 Å². The molecule has 0 aliphatic rings. The number of nitrogens with one attached hydrogen (secondary N) is 2. The highest BCUT2D eigenvalue weighted by Gasteiger charge is 2.19. The summed E-state index contributed by atoms with van der Waals surface area (Å²) in [5.74, 6) is -0.355. The highest BCUT2D eigenvalue weighted by Crippen LogP contribution is 2.21. The van der Waals surface area contributed by atoms with Crippen molar-refractivity contribution in [1.29, 1.82) is 0 Å². The summed E-state index contributed by atoms with van der Waals surface area (Å²) in [5, 5.41) is 2.76. The van der Waals surface area contributed by atoms with Crippen LogP contribution in [-0.4, -0.2) is 21.4 Å². The molecule has 6 nitrogen and oxygen atoms in total. The molecule has 3 rings (SSSR count). The van der Waals surface area contributed by atoms with Crippen molar-refractivity contribution in [2.24, 2.45) is 0 Å². The van der Waals surface area contributed by atoms with Crippen molar-refractivity contribution in [3.63, 3.8) is 0 Å². The maximum atomic E-state index is 13.1. The van der Waals surface area contributed by atoms with Crippen molar-refractivity contribution in [2.75, 3.05) is 11.8 Å². The minimum atomic E-state index is -3.98. The average molecular weight is 414 g/mol. The summed E-state index contributed by atoms with van der Waals surface area (Å²) in [6, 6.07) is 17.9. The second-order valence-corrected chi connectivity index (χ2v) is 7.78. The van der Waals surface area contributed by atoms with Crippen LogP contribution in [0.25, 0.3) is 0 Å². The van der Waals surface area contributed by atoms with Gasteiger partial charge in [0, 0.05) is 12.1 Å². The molecule has 3 aromatic rings. The fraction of sp³-hybridized carbons (Fsp3) is 0.0952. The lowest BCUT2D eigenvalue weighted by atomic mass is 10.1. The van der Waals surface area contributed by atoms with Gasteiger partial charge in [-0.05, 0) is 42.5 Å². The number of para-hydroxylation sites is 2. The molecule has 0 fully saturated rings. The molecule has 0 bridgehead atoms. The van der Waals surface area contributed by atoms with Crippen molar-refractivity contribution in [3.05, 3.63) is 89.7 Å². The molecule has 0 atom stereocenters. The third kappa shape index (κ3) is 4.91. The number of amides is 1. The molecule has 0 saturated carbocycles. The molecule has 0 aliphatic heterocycles. The van der Waals surface area contributed by atoms with Crippen LogP contribution in [0.3, 0.4) is 0 Å². The van der Waals surface area contributed by atoms with Crippen LogP contribution >= 0.6 is 0 Å². The minimum absolute atomic E-state index is 0.108. The third-order valence-corrected chi connectivity index (χ3v) is 5.55. The van der Waals surface area contributed by atoms with Crippen LogP contribution in [0.5, 0.6) is 5.75 Å². The molecule has 8 heteroatoms. The van der Waals surface area contributed by atoms with E-state index in [0.29, 0.717) is 5.75 Å². The highest BCUT2D eigenvalue weighted by molar-refractivity contribution is 7.92. The molecular formula is C21H19FN2O4S. The number of anilines is 1. The van der Waals surface area contributed by atoms with E-state index in [1.54, 1.807) is 25.3 Å². The number of hydrogen-bond acceptors (Lipinski definition) is 4. The molecule has 0 spiro atoms. The van der Waals surface area contributed by atoms with E-state index in [9.17, 15) is 17.6 Å². The highest BCUT2D eigenvalue weighted by atomic mass is 32.2. The molecule has 0 heterocycles. The maximum Gasteiger partial charge on any atom is 0.261 e. The van der Waals surface area contributed by atoms with Crippen LogP contribution in [-0.2, 0) is 16.6 Å². The van der Waals surface area contributed by atoms with E-state index in [2.05, 4.69) is 10.0 Å². The van der Waals surface area contributed by atoms with Crippen molar-refractivity contribution >= 4 is 21.6 Å². The van der Waals surface area contributed by atoms with E-state index in [1.807, 2.05) is 18.2 Å². The van der Waals surface area contributed by atoms with Gasteiger partial charge in [0.2, 0.25) is 0 Å². The molecule has 150 valence electrons. The Kier molecular flexibility index (Phi) is 6.13. The smallest absolute Gasteiger partial charge is 0.261 e. The first-order chi connectivity index (χ1) is 13.9. The van der Waals surface area contributed by atoms with Crippen LogP contribution in [0.1, 0.15) is 15.9 Å². The molecule has 0 aromatic heterocycles. The number of halogens is 1. The van der Waals surface area contributed by atoms with Gasteiger partial charge in [-0.1, -0.05) is 30.3 Å². The summed E-state index contributed by atoms with van der Waals surface area (Å²) in [4.78, 5) is 12.6. The fourth-order valence-corrected chi connectivity index (χ4v) is 3.79. The number of ether oxygens (including phenoxy) is 1. The molecule has 0 aliphatic carbocycles. The summed E-state index contributed by atoms with van der Waals surface area (Å²) in [6.45, 7) is 0.210. The van der Waals surface area contributed by atoms with Crippen LogP contribution in [0.4, 0.5) is 10.1 Å². The molecule has 0 saturated heterocycles. The van der Waals surface area contributed by atoms with Crippen LogP contribution in [0, 0.1) is 5.82 Å². The zero-order valence-electron chi connectivity index (χ0n) is 15.6. The van der Waals surface area contributed by atoms with E-state index in [4.69, 9.17) is 4.74 Å². The van der Waals surface area contributed by atoms with Crippen molar-refractivity contribution in [3.8, 4) is 5.75 Å². The van der Waals surface area contributed by atoms with E-state index < -0.39 is 21.7 Å². The topological polar surface area (TPSA) is 84.5 Å². The molecule has 1 amide bonds. The number of benzene rings is 3. The van der Waals surface area contributed by atoms with Gasteiger partial charge in [0.05, 0.1) is 23.3 Å². The van der Waals surface area contributed by atoms with Crippen LogP contribution < -0.4 is 14.8 Å². The lowest BCUT2D eigenvalue weighted by Gasteiger charge is -2.14. The van der Waals surface area contributed by atoms with Gasteiger partial charge in [-0.15, -0.1) is 0 Å².